The molecule has 1 fully saturated rings. The van der Waals surface area contributed by atoms with Crippen LogP contribution < -0.4 is 10.8 Å². The van der Waals surface area contributed by atoms with Gasteiger partial charge in [-0.05, 0) is 47.9 Å². The first-order valence-electron chi connectivity index (χ1n) is 10.5. The van der Waals surface area contributed by atoms with Crippen LogP contribution in [0.3, 0.4) is 0 Å². The van der Waals surface area contributed by atoms with Gasteiger partial charge in [0.25, 0.3) is 0 Å². The van der Waals surface area contributed by atoms with Gasteiger partial charge in [0, 0.05) is 55.1 Å². The number of hydrogen-bond donors (Lipinski definition) is 1. The molecule has 1 aliphatic heterocycles. The molecule has 4 aromatic heterocycles. The number of anilines is 1. The SMILES string of the molecule is Bc1cnn2c(NCc3cccnc3)cc(C3CCCN(Cc4cccs4)C3)nc12. The Kier molecular flexibility index (Phi) is 5.51. The van der Waals surface area contributed by atoms with Gasteiger partial charge in [0.05, 0.1) is 5.69 Å². The minimum atomic E-state index is 0.442. The summed E-state index contributed by atoms with van der Waals surface area (Å²) in [5, 5.41) is 10.3. The third-order valence-corrected chi connectivity index (χ3v) is 6.61. The first kappa shape index (κ1) is 19.3. The van der Waals surface area contributed by atoms with Crippen LogP contribution in [0.1, 0.15) is 34.9 Å². The largest absolute Gasteiger partial charge is 0.366 e. The second kappa shape index (κ2) is 8.57. The Morgan fingerprint density at radius 2 is 2.20 bits per heavy atom. The molecule has 0 spiro atoms. The van der Waals surface area contributed by atoms with Crippen LogP contribution in [0, 0.1) is 0 Å². The van der Waals surface area contributed by atoms with E-state index in [0.717, 1.165) is 47.8 Å². The number of rotatable bonds is 6. The summed E-state index contributed by atoms with van der Waals surface area (Å²) in [6.45, 7) is 3.96. The molecular formula is C22H25BN6S. The van der Waals surface area contributed by atoms with E-state index in [9.17, 15) is 0 Å². The second-order valence-electron chi connectivity index (χ2n) is 8.00. The highest BCUT2D eigenvalue weighted by molar-refractivity contribution is 7.09. The number of fused-ring (bicyclic) bond motifs is 1. The molecule has 5 rings (SSSR count). The summed E-state index contributed by atoms with van der Waals surface area (Å²) >= 11 is 1.84. The summed E-state index contributed by atoms with van der Waals surface area (Å²) in [5.41, 5.74) is 4.35. The molecule has 0 bridgehead atoms. The minimum absolute atomic E-state index is 0.442. The average Bonchev–Trinajstić information content (AvgIpc) is 3.43. The Hall–Kier alpha value is -2.71. The van der Waals surface area contributed by atoms with Gasteiger partial charge < -0.3 is 5.32 Å². The van der Waals surface area contributed by atoms with Gasteiger partial charge in [-0.15, -0.1) is 11.3 Å². The molecule has 0 radical (unpaired) electrons. The number of nitrogens with one attached hydrogen (secondary N) is 1. The summed E-state index contributed by atoms with van der Waals surface area (Å²) in [5.74, 6) is 1.43. The quantitative estimate of drug-likeness (QED) is 0.490. The molecule has 1 N–H and O–H groups in total. The molecule has 0 saturated carbocycles. The Balaban J connectivity index is 1.40. The maximum Gasteiger partial charge on any atom is 0.151 e. The molecular weight excluding hydrogens is 391 g/mol. The number of hydrogen-bond acceptors (Lipinski definition) is 6. The third-order valence-electron chi connectivity index (χ3n) is 5.75. The fraction of sp³-hybridized carbons (Fsp3) is 0.318. The molecule has 0 amide bonds. The van der Waals surface area contributed by atoms with E-state index in [2.05, 4.69) is 57.8 Å². The van der Waals surface area contributed by atoms with Crippen molar-refractivity contribution in [2.75, 3.05) is 18.4 Å². The Morgan fingerprint density at radius 3 is 3.03 bits per heavy atom. The number of aromatic nitrogens is 4. The number of thiophene rings is 1. The zero-order valence-electron chi connectivity index (χ0n) is 17.2. The maximum absolute atomic E-state index is 5.03. The van der Waals surface area contributed by atoms with Crippen LogP contribution in [0.15, 0.2) is 54.3 Å². The van der Waals surface area contributed by atoms with Gasteiger partial charge in [-0.2, -0.15) is 9.61 Å². The summed E-state index contributed by atoms with van der Waals surface area (Å²) < 4.78 is 1.92. The van der Waals surface area contributed by atoms with Crippen molar-refractivity contribution in [3.8, 4) is 0 Å². The number of pyridine rings is 1. The van der Waals surface area contributed by atoms with E-state index in [1.54, 1.807) is 6.20 Å². The van der Waals surface area contributed by atoms with Gasteiger partial charge >= 0.3 is 0 Å². The van der Waals surface area contributed by atoms with Gasteiger partial charge in [-0.3, -0.25) is 9.88 Å². The lowest BCUT2D eigenvalue weighted by molar-refractivity contribution is 0.200. The van der Waals surface area contributed by atoms with Crippen LogP contribution in [0.4, 0.5) is 5.82 Å². The van der Waals surface area contributed by atoms with E-state index in [4.69, 9.17) is 4.98 Å². The molecule has 5 heterocycles. The van der Waals surface area contributed by atoms with Crippen molar-refractivity contribution < 1.29 is 0 Å². The zero-order chi connectivity index (χ0) is 20.3. The minimum Gasteiger partial charge on any atom is -0.366 e. The molecule has 30 heavy (non-hydrogen) atoms. The van der Waals surface area contributed by atoms with Crippen molar-refractivity contribution in [1.29, 1.82) is 0 Å². The van der Waals surface area contributed by atoms with Crippen molar-refractivity contribution >= 4 is 36.1 Å². The smallest absolute Gasteiger partial charge is 0.151 e. The molecule has 0 aliphatic carbocycles. The fourth-order valence-electron chi connectivity index (χ4n) is 4.19. The van der Waals surface area contributed by atoms with Crippen LogP contribution in [-0.2, 0) is 13.1 Å². The van der Waals surface area contributed by atoms with E-state index in [0.29, 0.717) is 12.5 Å². The van der Waals surface area contributed by atoms with Gasteiger partial charge in [0.2, 0.25) is 0 Å². The lowest BCUT2D eigenvalue weighted by Crippen LogP contribution is -2.34. The topological polar surface area (TPSA) is 58.4 Å². The summed E-state index contributed by atoms with van der Waals surface area (Å²) in [6, 6.07) is 10.6. The molecule has 1 aliphatic rings. The normalized spacial score (nSPS) is 17.4. The molecule has 1 unspecified atom stereocenters. The van der Waals surface area contributed by atoms with E-state index >= 15 is 0 Å². The predicted molar refractivity (Wildman–Crippen MR) is 124 cm³/mol. The van der Waals surface area contributed by atoms with Crippen molar-refractivity contribution in [1.82, 2.24) is 24.5 Å². The number of likely N-dealkylation sites (tertiary alicyclic amines) is 1. The summed E-state index contributed by atoms with van der Waals surface area (Å²) in [4.78, 5) is 13.2. The molecule has 1 saturated heterocycles. The van der Waals surface area contributed by atoms with Gasteiger partial charge in [0.1, 0.15) is 13.7 Å². The highest BCUT2D eigenvalue weighted by Crippen LogP contribution is 2.29. The average molecular weight is 416 g/mol. The standard InChI is InChI=1S/C22H25BN6S/c23-19-13-26-29-21(25-12-16-4-1-7-24-11-16)10-20(27-22(19)29)17-5-2-8-28(14-17)15-18-6-3-9-30-18/h1,3-4,6-7,9-11,13,17,25H,2,5,8,12,14-15,23H2. The van der Waals surface area contributed by atoms with E-state index in [-0.39, 0.29) is 0 Å². The highest BCUT2D eigenvalue weighted by atomic mass is 32.1. The van der Waals surface area contributed by atoms with Gasteiger partial charge in [-0.25, -0.2) is 4.98 Å². The van der Waals surface area contributed by atoms with Gasteiger partial charge in [0.15, 0.2) is 5.65 Å². The zero-order valence-corrected chi connectivity index (χ0v) is 18.0. The third kappa shape index (κ3) is 4.11. The van der Waals surface area contributed by atoms with E-state index < -0.39 is 0 Å². The fourth-order valence-corrected chi connectivity index (χ4v) is 4.93. The van der Waals surface area contributed by atoms with Crippen LogP contribution in [0.25, 0.3) is 5.65 Å². The molecule has 6 nitrogen and oxygen atoms in total. The monoisotopic (exact) mass is 416 g/mol. The number of piperidine rings is 1. The van der Waals surface area contributed by atoms with Crippen molar-refractivity contribution in [3.05, 3.63) is 70.4 Å². The molecule has 0 aromatic carbocycles. The van der Waals surface area contributed by atoms with Crippen LogP contribution >= 0.6 is 11.3 Å². The van der Waals surface area contributed by atoms with Crippen molar-refractivity contribution in [2.45, 2.75) is 31.8 Å². The van der Waals surface area contributed by atoms with Crippen LogP contribution in [0.2, 0.25) is 0 Å². The predicted octanol–water partition coefficient (Wildman–Crippen LogP) is 2.44. The van der Waals surface area contributed by atoms with Gasteiger partial charge in [-0.1, -0.05) is 12.1 Å². The Morgan fingerprint density at radius 1 is 1.23 bits per heavy atom. The van der Waals surface area contributed by atoms with Crippen molar-refractivity contribution in [3.63, 3.8) is 0 Å². The molecule has 152 valence electrons. The Bertz CT molecular complexity index is 1110. The van der Waals surface area contributed by atoms with E-state index in [1.807, 2.05) is 34.3 Å². The maximum atomic E-state index is 5.03. The first-order chi connectivity index (χ1) is 14.8. The summed E-state index contributed by atoms with van der Waals surface area (Å²) in [6.07, 6.45) is 7.97. The van der Waals surface area contributed by atoms with E-state index in [1.165, 1.54) is 17.7 Å². The Labute approximate surface area is 181 Å². The van der Waals surface area contributed by atoms with Crippen molar-refractivity contribution in [2.24, 2.45) is 0 Å². The summed E-state index contributed by atoms with van der Waals surface area (Å²) in [7, 11) is 2.08. The number of nitrogens with zero attached hydrogens (tertiary/aromatic N) is 5. The van der Waals surface area contributed by atoms with Crippen LogP contribution in [-0.4, -0.2) is 45.4 Å². The van der Waals surface area contributed by atoms with Crippen LogP contribution in [0.5, 0.6) is 0 Å². The highest BCUT2D eigenvalue weighted by Gasteiger charge is 2.24. The lowest BCUT2D eigenvalue weighted by Gasteiger charge is -2.32. The molecule has 4 aromatic rings. The molecule has 8 heteroatoms. The lowest BCUT2D eigenvalue weighted by atomic mass is 9.94. The second-order valence-corrected chi connectivity index (χ2v) is 9.03. The first-order valence-corrected chi connectivity index (χ1v) is 11.4. The molecule has 1 atom stereocenters.